The third-order valence-electron chi connectivity index (χ3n) is 2.04. The lowest BCUT2D eigenvalue weighted by molar-refractivity contribution is 0.899. The molecule has 14 heavy (non-hydrogen) atoms. The van der Waals surface area contributed by atoms with Crippen LogP contribution in [0.5, 0.6) is 0 Å². The van der Waals surface area contributed by atoms with E-state index < -0.39 is 0 Å². The van der Waals surface area contributed by atoms with Crippen molar-refractivity contribution in [3.05, 3.63) is 23.7 Å². The van der Waals surface area contributed by atoms with Gasteiger partial charge in [-0.25, -0.2) is 9.50 Å². The molecular weight excluding hydrogens is 176 g/mol. The fraction of sp³-hybridized carbons (Fsp3) is 0.400. The van der Waals surface area contributed by atoms with Crippen LogP contribution >= 0.6 is 0 Å². The molecule has 0 atom stereocenters. The lowest BCUT2D eigenvalue weighted by atomic mass is 10.3. The molecule has 0 amide bonds. The Kier molecular flexibility index (Phi) is 2.11. The normalized spacial score (nSPS) is 10.8. The number of anilines is 1. The zero-order valence-corrected chi connectivity index (χ0v) is 8.70. The van der Waals surface area contributed by atoms with Gasteiger partial charge in [0.15, 0.2) is 5.65 Å². The predicted octanol–water partition coefficient (Wildman–Crippen LogP) is 1.78. The second-order valence-electron chi connectivity index (χ2n) is 3.38. The Balaban J connectivity index is 2.66. The maximum atomic E-state index is 4.41. The van der Waals surface area contributed by atoms with Gasteiger partial charge in [0.1, 0.15) is 0 Å². The minimum absolute atomic E-state index is 0.894. The number of nitrogens with one attached hydrogen (secondary N) is 1. The fourth-order valence-corrected chi connectivity index (χ4v) is 1.54. The first-order valence-electron chi connectivity index (χ1n) is 4.78. The van der Waals surface area contributed by atoms with Gasteiger partial charge in [0.05, 0.1) is 23.3 Å². The first-order valence-corrected chi connectivity index (χ1v) is 4.78. The summed E-state index contributed by atoms with van der Waals surface area (Å²) in [5.74, 6) is 0. The molecule has 2 aromatic rings. The van der Waals surface area contributed by atoms with Crippen LogP contribution in [-0.2, 0) is 0 Å². The summed E-state index contributed by atoms with van der Waals surface area (Å²) in [6, 6.07) is 2.02. The molecule has 0 radical (unpaired) electrons. The van der Waals surface area contributed by atoms with Crippen molar-refractivity contribution in [3.8, 4) is 0 Å². The summed E-state index contributed by atoms with van der Waals surface area (Å²) in [6.45, 7) is 6.92. The van der Waals surface area contributed by atoms with Crippen molar-refractivity contribution in [1.82, 2.24) is 14.6 Å². The summed E-state index contributed by atoms with van der Waals surface area (Å²) in [6.07, 6.45) is 1.93. The number of nitrogens with zero attached hydrogens (tertiary/aromatic N) is 3. The summed E-state index contributed by atoms with van der Waals surface area (Å²) in [7, 11) is 0. The summed E-state index contributed by atoms with van der Waals surface area (Å²) in [5.41, 5.74) is 3.93. The van der Waals surface area contributed by atoms with Crippen molar-refractivity contribution < 1.29 is 0 Å². The largest absolute Gasteiger partial charge is 0.382 e. The molecule has 0 saturated carbocycles. The topological polar surface area (TPSA) is 42.2 Å². The minimum Gasteiger partial charge on any atom is -0.382 e. The lowest BCUT2D eigenvalue weighted by Crippen LogP contribution is -2.02. The molecule has 2 heterocycles. The smallest absolute Gasteiger partial charge is 0.177 e. The van der Waals surface area contributed by atoms with Crippen molar-refractivity contribution in [1.29, 1.82) is 0 Å². The number of hydrogen-bond acceptors (Lipinski definition) is 3. The molecule has 0 aromatic carbocycles. The van der Waals surface area contributed by atoms with Gasteiger partial charge in [0.2, 0.25) is 0 Å². The third-order valence-corrected chi connectivity index (χ3v) is 2.04. The van der Waals surface area contributed by atoms with Gasteiger partial charge in [-0.1, -0.05) is 0 Å². The zero-order chi connectivity index (χ0) is 10.1. The van der Waals surface area contributed by atoms with E-state index in [1.807, 2.05) is 30.6 Å². The number of hydrogen-bond donors (Lipinski definition) is 1. The Morgan fingerprint density at radius 2 is 2.14 bits per heavy atom. The van der Waals surface area contributed by atoms with Gasteiger partial charge in [-0.2, -0.15) is 5.10 Å². The molecule has 4 heteroatoms. The number of imidazole rings is 1. The second kappa shape index (κ2) is 3.29. The molecule has 0 aliphatic carbocycles. The quantitative estimate of drug-likeness (QED) is 0.784. The average Bonchev–Trinajstić information content (AvgIpc) is 2.45. The predicted molar refractivity (Wildman–Crippen MR) is 56.6 cm³/mol. The minimum atomic E-state index is 0.894. The Labute approximate surface area is 83.0 Å². The summed E-state index contributed by atoms with van der Waals surface area (Å²) < 4.78 is 1.82. The van der Waals surface area contributed by atoms with E-state index >= 15 is 0 Å². The van der Waals surface area contributed by atoms with E-state index in [1.165, 1.54) is 0 Å². The molecule has 0 bridgehead atoms. The summed E-state index contributed by atoms with van der Waals surface area (Å²) in [5, 5.41) is 7.63. The van der Waals surface area contributed by atoms with Crippen molar-refractivity contribution >= 4 is 11.3 Å². The average molecular weight is 190 g/mol. The molecule has 0 fully saturated rings. The molecule has 0 aliphatic rings. The van der Waals surface area contributed by atoms with Gasteiger partial charge in [-0.05, 0) is 26.8 Å². The van der Waals surface area contributed by atoms with Crippen LogP contribution in [-0.4, -0.2) is 21.1 Å². The fourth-order valence-electron chi connectivity index (χ4n) is 1.54. The lowest BCUT2D eigenvalue weighted by Gasteiger charge is -2.05. The van der Waals surface area contributed by atoms with Crippen molar-refractivity contribution in [2.24, 2.45) is 0 Å². The number of rotatable bonds is 2. The molecule has 1 N–H and O–H groups in total. The van der Waals surface area contributed by atoms with E-state index in [9.17, 15) is 0 Å². The van der Waals surface area contributed by atoms with Crippen molar-refractivity contribution in [2.45, 2.75) is 20.8 Å². The first-order chi connectivity index (χ1) is 6.70. The zero-order valence-electron chi connectivity index (χ0n) is 8.70. The number of aryl methyl sites for hydroxylation is 2. The van der Waals surface area contributed by atoms with E-state index in [0.717, 1.165) is 29.3 Å². The SMILES string of the molecule is CCNc1cc(C)nn2cc(C)nc12. The Hall–Kier alpha value is -1.58. The molecular formula is C10H14N4. The monoisotopic (exact) mass is 190 g/mol. The molecule has 0 aliphatic heterocycles. The van der Waals surface area contributed by atoms with Crippen LogP contribution < -0.4 is 5.32 Å². The Bertz CT molecular complexity index is 458. The highest BCUT2D eigenvalue weighted by Gasteiger charge is 2.05. The molecule has 0 saturated heterocycles. The Morgan fingerprint density at radius 1 is 1.36 bits per heavy atom. The van der Waals surface area contributed by atoms with Gasteiger partial charge in [0, 0.05) is 6.54 Å². The summed E-state index contributed by atoms with van der Waals surface area (Å²) in [4.78, 5) is 4.41. The van der Waals surface area contributed by atoms with Crippen LogP contribution in [0.25, 0.3) is 5.65 Å². The standard InChI is InChI=1S/C10H14N4/c1-4-11-9-5-7(2)13-14-6-8(3)12-10(9)14/h5-6,11H,4H2,1-3H3. The van der Waals surface area contributed by atoms with Gasteiger partial charge in [-0.15, -0.1) is 0 Å². The molecule has 2 aromatic heterocycles. The Morgan fingerprint density at radius 3 is 2.86 bits per heavy atom. The molecule has 0 spiro atoms. The van der Waals surface area contributed by atoms with Crippen molar-refractivity contribution in [2.75, 3.05) is 11.9 Å². The van der Waals surface area contributed by atoms with E-state index in [2.05, 4.69) is 22.3 Å². The molecule has 4 nitrogen and oxygen atoms in total. The molecule has 0 unspecified atom stereocenters. The number of aromatic nitrogens is 3. The van der Waals surface area contributed by atoms with E-state index in [-0.39, 0.29) is 0 Å². The highest BCUT2D eigenvalue weighted by molar-refractivity contribution is 5.67. The van der Waals surface area contributed by atoms with E-state index in [4.69, 9.17) is 0 Å². The number of fused-ring (bicyclic) bond motifs is 1. The first kappa shape index (κ1) is 8.99. The van der Waals surface area contributed by atoms with Crippen LogP contribution in [0.1, 0.15) is 18.3 Å². The van der Waals surface area contributed by atoms with Gasteiger partial charge >= 0.3 is 0 Å². The van der Waals surface area contributed by atoms with Crippen LogP contribution in [0.3, 0.4) is 0 Å². The van der Waals surface area contributed by atoms with Crippen LogP contribution in [0, 0.1) is 13.8 Å². The maximum Gasteiger partial charge on any atom is 0.177 e. The highest BCUT2D eigenvalue weighted by atomic mass is 15.3. The van der Waals surface area contributed by atoms with Crippen LogP contribution in [0.15, 0.2) is 12.3 Å². The second-order valence-corrected chi connectivity index (χ2v) is 3.38. The van der Waals surface area contributed by atoms with E-state index in [0.29, 0.717) is 0 Å². The maximum absolute atomic E-state index is 4.41. The van der Waals surface area contributed by atoms with Crippen LogP contribution in [0.4, 0.5) is 5.69 Å². The van der Waals surface area contributed by atoms with Gasteiger partial charge in [-0.3, -0.25) is 0 Å². The van der Waals surface area contributed by atoms with Gasteiger partial charge in [0.25, 0.3) is 0 Å². The summed E-state index contributed by atoms with van der Waals surface area (Å²) >= 11 is 0. The van der Waals surface area contributed by atoms with Crippen molar-refractivity contribution in [3.63, 3.8) is 0 Å². The third kappa shape index (κ3) is 1.43. The molecule has 2 rings (SSSR count). The van der Waals surface area contributed by atoms with Crippen LogP contribution in [0.2, 0.25) is 0 Å². The highest BCUT2D eigenvalue weighted by Crippen LogP contribution is 2.16. The van der Waals surface area contributed by atoms with Gasteiger partial charge < -0.3 is 5.32 Å². The van der Waals surface area contributed by atoms with E-state index in [1.54, 1.807) is 0 Å². The molecule has 74 valence electrons.